The van der Waals surface area contributed by atoms with E-state index in [1.54, 1.807) is 6.92 Å². The minimum Gasteiger partial charge on any atom is -0.392 e. The third-order valence-electron chi connectivity index (χ3n) is 3.32. The molecule has 104 valence electrons. The van der Waals surface area contributed by atoms with E-state index < -0.39 is 24.0 Å². The second kappa shape index (κ2) is 5.03. The first-order valence-corrected chi connectivity index (χ1v) is 6.20. The summed E-state index contributed by atoms with van der Waals surface area (Å²) in [6, 6.07) is -0.320. The zero-order valence-electron chi connectivity index (χ0n) is 10.4. The lowest BCUT2D eigenvalue weighted by molar-refractivity contribution is -0.166. The molecule has 1 amide bonds. The summed E-state index contributed by atoms with van der Waals surface area (Å²) in [5.74, 6) is -0.614. The van der Waals surface area contributed by atoms with Crippen molar-refractivity contribution in [3.63, 3.8) is 0 Å². The number of hydrogen-bond donors (Lipinski definition) is 1. The Balaban J connectivity index is 2.92. The molecule has 3 nitrogen and oxygen atoms in total. The van der Waals surface area contributed by atoms with Crippen LogP contribution in [0.3, 0.4) is 0 Å². The molecule has 0 saturated heterocycles. The maximum atomic E-state index is 12.5. The van der Waals surface area contributed by atoms with Gasteiger partial charge in [0.15, 0.2) is 0 Å². The number of hydrogen-bond acceptors (Lipinski definition) is 2. The van der Waals surface area contributed by atoms with Crippen LogP contribution in [0.15, 0.2) is 0 Å². The highest BCUT2D eigenvalue weighted by molar-refractivity contribution is 7.80. The van der Waals surface area contributed by atoms with Gasteiger partial charge in [-0.1, -0.05) is 19.1 Å². The Hall–Kier alpha value is -0.850. The summed E-state index contributed by atoms with van der Waals surface area (Å²) in [6.07, 6.45) is -2.89. The summed E-state index contributed by atoms with van der Waals surface area (Å²) in [4.78, 5) is 13.1. The molecule has 0 bridgehead atoms. The van der Waals surface area contributed by atoms with Gasteiger partial charge in [-0.2, -0.15) is 13.2 Å². The molecule has 0 spiro atoms. The molecule has 7 heteroatoms. The van der Waals surface area contributed by atoms with Crippen molar-refractivity contribution in [1.29, 1.82) is 0 Å². The molecule has 1 atom stereocenters. The first kappa shape index (κ1) is 15.2. The molecule has 1 fully saturated rings. The van der Waals surface area contributed by atoms with Gasteiger partial charge in [0, 0.05) is 6.04 Å². The van der Waals surface area contributed by atoms with Gasteiger partial charge in [0.25, 0.3) is 0 Å². The van der Waals surface area contributed by atoms with Crippen LogP contribution in [0.1, 0.15) is 33.1 Å². The van der Waals surface area contributed by atoms with Crippen LogP contribution >= 0.6 is 12.2 Å². The Labute approximate surface area is 109 Å². The highest BCUT2D eigenvalue weighted by Crippen LogP contribution is 2.35. The molecule has 1 unspecified atom stereocenters. The summed E-state index contributed by atoms with van der Waals surface area (Å²) >= 11 is 4.82. The molecule has 1 rings (SSSR count). The molecule has 1 saturated carbocycles. The second-order valence-electron chi connectivity index (χ2n) is 4.83. The molecule has 1 aliphatic carbocycles. The second-order valence-corrected chi connectivity index (χ2v) is 5.27. The molecule has 0 aliphatic heterocycles. The lowest BCUT2D eigenvalue weighted by Gasteiger charge is -2.33. The fourth-order valence-corrected chi connectivity index (χ4v) is 1.93. The van der Waals surface area contributed by atoms with Crippen molar-refractivity contribution in [3.8, 4) is 0 Å². The molecule has 1 aliphatic rings. The maximum Gasteiger partial charge on any atom is 0.406 e. The van der Waals surface area contributed by atoms with E-state index in [4.69, 9.17) is 18.0 Å². The average Bonchev–Trinajstić information content (AvgIpc) is 3.06. The summed E-state index contributed by atoms with van der Waals surface area (Å²) in [5.41, 5.74) is 4.32. The first-order chi connectivity index (χ1) is 8.12. The summed E-state index contributed by atoms with van der Waals surface area (Å²) in [7, 11) is 0. The number of thiocarbonyl (C=S) groups is 1. The van der Waals surface area contributed by atoms with Gasteiger partial charge in [-0.15, -0.1) is 0 Å². The van der Waals surface area contributed by atoms with E-state index in [0.29, 0.717) is 19.3 Å². The topological polar surface area (TPSA) is 46.3 Å². The highest BCUT2D eigenvalue weighted by Gasteiger charge is 2.46. The van der Waals surface area contributed by atoms with E-state index in [1.807, 2.05) is 0 Å². The van der Waals surface area contributed by atoms with Crippen LogP contribution in [-0.4, -0.2) is 34.6 Å². The Morgan fingerprint density at radius 2 is 1.94 bits per heavy atom. The van der Waals surface area contributed by atoms with Crippen LogP contribution in [-0.2, 0) is 4.79 Å². The Kier molecular flexibility index (Phi) is 4.25. The van der Waals surface area contributed by atoms with E-state index >= 15 is 0 Å². The predicted octanol–water partition coefficient (Wildman–Crippen LogP) is 2.24. The van der Waals surface area contributed by atoms with E-state index in [0.717, 1.165) is 4.90 Å². The van der Waals surface area contributed by atoms with Crippen molar-refractivity contribution in [3.05, 3.63) is 0 Å². The van der Waals surface area contributed by atoms with Gasteiger partial charge in [-0.05, 0) is 26.2 Å². The van der Waals surface area contributed by atoms with Crippen molar-refractivity contribution in [2.45, 2.75) is 45.3 Å². The first-order valence-electron chi connectivity index (χ1n) is 5.79. The average molecular weight is 282 g/mol. The van der Waals surface area contributed by atoms with Crippen LogP contribution in [0.4, 0.5) is 13.2 Å². The Bertz CT molecular complexity index is 355. The van der Waals surface area contributed by atoms with E-state index in [1.165, 1.54) is 6.92 Å². The Morgan fingerprint density at radius 3 is 2.22 bits per heavy atom. The zero-order chi connectivity index (χ0) is 14.1. The lowest BCUT2D eigenvalue weighted by Crippen LogP contribution is -2.51. The smallest absolute Gasteiger partial charge is 0.392 e. The number of carbonyl (C=O) groups is 1. The highest BCUT2D eigenvalue weighted by atomic mass is 32.1. The molecule has 0 aromatic heterocycles. The van der Waals surface area contributed by atoms with E-state index in [2.05, 4.69) is 0 Å². The third kappa shape index (κ3) is 3.34. The minimum atomic E-state index is -4.40. The largest absolute Gasteiger partial charge is 0.406 e. The number of rotatable bonds is 5. The predicted molar refractivity (Wildman–Crippen MR) is 66.0 cm³/mol. The fraction of sp³-hybridized carbons (Fsp3) is 0.818. The van der Waals surface area contributed by atoms with Crippen LogP contribution < -0.4 is 5.73 Å². The van der Waals surface area contributed by atoms with Gasteiger partial charge in [-0.3, -0.25) is 4.79 Å². The number of nitrogens with zero attached hydrogens (tertiary/aromatic N) is 1. The van der Waals surface area contributed by atoms with Crippen LogP contribution in [0, 0.1) is 5.41 Å². The summed E-state index contributed by atoms with van der Waals surface area (Å²) in [6.45, 7) is 1.97. The van der Waals surface area contributed by atoms with E-state index in [9.17, 15) is 18.0 Å². The van der Waals surface area contributed by atoms with Gasteiger partial charge < -0.3 is 10.6 Å². The van der Waals surface area contributed by atoms with Crippen molar-refractivity contribution < 1.29 is 18.0 Å². The van der Waals surface area contributed by atoms with Gasteiger partial charge in [0.1, 0.15) is 6.54 Å². The van der Waals surface area contributed by atoms with Crippen molar-refractivity contribution in [2.24, 2.45) is 11.1 Å². The quantitative estimate of drug-likeness (QED) is 0.787. The Morgan fingerprint density at radius 1 is 1.44 bits per heavy atom. The molecule has 0 heterocycles. The van der Waals surface area contributed by atoms with Crippen LogP contribution in [0.2, 0.25) is 0 Å². The SMILES string of the molecule is CCC(C)(C(=O)N(CC(F)(F)F)C1CC1)C(N)=S. The minimum absolute atomic E-state index is 0.0529. The van der Waals surface area contributed by atoms with Gasteiger partial charge in [-0.25, -0.2) is 0 Å². The number of alkyl halides is 3. The summed E-state index contributed by atoms with van der Waals surface area (Å²) < 4.78 is 37.5. The fourth-order valence-electron chi connectivity index (χ4n) is 1.69. The molecular weight excluding hydrogens is 265 g/mol. The molecule has 2 N–H and O–H groups in total. The molecule has 18 heavy (non-hydrogen) atoms. The zero-order valence-corrected chi connectivity index (χ0v) is 11.2. The summed E-state index contributed by atoms with van der Waals surface area (Å²) in [5, 5.41) is 0. The third-order valence-corrected chi connectivity index (χ3v) is 3.77. The maximum absolute atomic E-state index is 12.5. The number of carbonyl (C=O) groups excluding carboxylic acids is 1. The number of nitrogens with two attached hydrogens (primary N) is 1. The standard InChI is InChI=1S/C11H17F3N2OS/c1-3-10(2,8(15)18)9(17)16(7-4-5-7)6-11(12,13)14/h7H,3-6H2,1-2H3,(H2,15,18). The molecule has 0 radical (unpaired) electrons. The normalized spacial score (nSPS) is 19.2. The number of amides is 1. The van der Waals surface area contributed by atoms with Crippen molar-refractivity contribution in [1.82, 2.24) is 4.90 Å². The van der Waals surface area contributed by atoms with Crippen LogP contribution in [0.25, 0.3) is 0 Å². The molecular formula is C11H17F3N2OS. The monoisotopic (exact) mass is 282 g/mol. The van der Waals surface area contributed by atoms with Crippen molar-refractivity contribution in [2.75, 3.05) is 6.54 Å². The lowest BCUT2D eigenvalue weighted by atomic mass is 9.85. The number of halogens is 3. The van der Waals surface area contributed by atoms with Gasteiger partial charge >= 0.3 is 6.18 Å². The van der Waals surface area contributed by atoms with Gasteiger partial charge in [0.2, 0.25) is 5.91 Å². The van der Waals surface area contributed by atoms with Crippen molar-refractivity contribution >= 4 is 23.1 Å². The van der Waals surface area contributed by atoms with Crippen LogP contribution in [0.5, 0.6) is 0 Å². The molecule has 0 aromatic carbocycles. The molecule has 0 aromatic rings. The van der Waals surface area contributed by atoms with Gasteiger partial charge in [0.05, 0.1) is 10.4 Å². The van der Waals surface area contributed by atoms with E-state index in [-0.39, 0.29) is 11.0 Å².